The molecule has 3 rings (SSSR count). The quantitative estimate of drug-likeness (QED) is 0.339. The van der Waals surface area contributed by atoms with Crippen molar-refractivity contribution < 1.29 is 13.2 Å². The maximum Gasteiger partial charge on any atom is 0.254 e. The van der Waals surface area contributed by atoms with Crippen LogP contribution in [0.3, 0.4) is 0 Å². The molecule has 7 heteroatoms. The molecule has 0 radical (unpaired) electrons. The number of aliphatic imine (C=N–C) groups is 1. The lowest BCUT2D eigenvalue weighted by molar-refractivity contribution is 0.0405. The lowest BCUT2D eigenvalue weighted by Gasteiger charge is -2.29. The number of alkyl halides is 2. The molecule has 0 aromatic heterocycles. The molecule has 192 valence electrons. The normalized spacial score (nSPS) is 29.8. The Bertz CT molecular complexity index is 635. The Hall–Kier alpha value is -1.08. The van der Waals surface area contributed by atoms with Crippen molar-refractivity contribution in [1.82, 2.24) is 16.0 Å². The highest BCUT2D eigenvalue weighted by atomic mass is 19.3. The van der Waals surface area contributed by atoms with Gasteiger partial charge in [-0.2, -0.15) is 0 Å². The lowest BCUT2D eigenvalue weighted by Crippen LogP contribution is -2.36. The van der Waals surface area contributed by atoms with Crippen LogP contribution in [0.5, 0.6) is 0 Å². The molecule has 2 saturated carbocycles. The second-order valence-corrected chi connectivity index (χ2v) is 10.2. The minimum absolute atomic E-state index is 0.0637. The Morgan fingerprint density at radius 2 is 1.64 bits per heavy atom. The predicted octanol–water partition coefficient (Wildman–Crippen LogP) is 6.05. The molecule has 0 amide bonds. The fourth-order valence-corrected chi connectivity index (χ4v) is 4.82. The molecule has 2 atom stereocenters. The third-order valence-electron chi connectivity index (χ3n) is 7.71. The second-order valence-electron chi connectivity index (χ2n) is 10.2. The molecule has 1 heterocycles. The number of piperidine rings is 1. The average molecular weight is 473 g/mol. The first-order valence-electron chi connectivity index (χ1n) is 13.3. The average Bonchev–Trinajstić information content (AvgIpc) is 3.38. The lowest BCUT2D eigenvalue weighted by atomic mass is 9.79. The van der Waals surface area contributed by atoms with Crippen LogP contribution in [0, 0.1) is 23.2 Å². The molecule has 1 spiro atoms. The van der Waals surface area contributed by atoms with Gasteiger partial charge < -0.3 is 16.0 Å². The van der Waals surface area contributed by atoms with E-state index in [2.05, 4.69) is 34.8 Å². The Balaban J connectivity index is 0.00000187. The van der Waals surface area contributed by atoms with E-state index in [4.69, 9.17) is 0 Å². The minimum atomic E-state index is -2.45. The van der Waals surface area contributed by atoms with Gasteiger partial charge in [0.25, 0.3) is 5.92 Å². The number of nitrogens with one attached hydrogen (secondary N) is 3. The summed E-state index contributed by atoms with van der Waals surface area (Å²) >= 11 is 0. The summed E-state index contributed by atoms with van der Waals surface area (Å²) in [6.07, 6.45) is 7.83. The summed E-state index contributed by atoms with van der Waals surface area (Å²) in [4.78, 5) is 4.47. The van der Waals surface area contributed by atoms with Gasteiger partial charge in [-0.3, -0.25) is 0 Å². The van der Waals surface area contributed by atoms with Gasteiger partial charge in [-0.1, -0.05) is 27.7 Å². The molecule has 3 N–H and O–H groups in total. The van der Waals surface area contributed by atoms with Crippen LogP contribution in [0.4, 0.5) is 13.2 Å². The maximum atomic E-state index is 15.3. The van der Waals surface area contributed by atoms with Gasteiger partial charge in [0.1, 0.15) is 0 Å². The largest absolute Gasteiger partial charge is 0.368 e. The highest BCUT2D eigenvalue weighted by Crippen LogP contribution is 2.67. The maximum absolute atomic E-state index is 15.3. The van der Waals surface area contributed by atoms with Crippen LogP contribution in [0.2, 0.25) is 0 Å². The van der Waals surface area contributed by atoms with Crippen LogP contribution in [0.1, 0.15) is 86.0 Å². The van der Waals surface area contributed by atoms with Crippen molar-refractivity contribution in [2.45, 2.75) is 97.9 Å². The van der Waals surface area contributed by atoms with Crippen LogP contribution in [-0.4, -0.2) is 44.4 Å². The predicted molar refractivity (Wildman–Crippen MR) is 132 cm³/mol. The van der Waals surface area contributed by atoms with Gasteiger partial charge in [-0.05, 0) is 89.3 Å². The van der Waals surface area contributed by atoms with Crippen molar-refractivity contribution in [2.24, 2.45) is 28.2 Å². The van der Waals surface area contributed by atoms with E-state index in [1.807, 2.05) is 27.0 Å². The Kier molecular flexibility index (Phi) is 11.2. The molecule has 4 nitrogen and oxygen atoms in total. The molecule has 3 aliphatic rings. The van der Waals surface area contributed by atoms with E-state index in [-0.39, 0.29) is 12.2 Å². The van der Waals surface area contributed by atoms with Gasteiger partial charge in [0, 0.05) is 24.6 Å². The van der Waals surface area contributed by atoms with E-state index in [0.717, 1.165) is 51.7 Å². The van der Waals surface area contributed by atoms with E-state index < -0.39 is 17.4 Å². The number of hydrogen-bond donors (Lipinski definition) is 3. The fourth-order valence-electron chi connectivity index (χ4n) is 4.82. The molecule has 0 aromatic carbocycles. The summed E-state index contributed by atoms with van der Waals surface area (Å²) in [5, 5.41) is 9.92. The summed E-state index contributed by atoms with van der Waals surface area (Å²) in [7, 11) is 0. The molecule has 0 bridgehead atoms. The van der Waals surface area contributed by atoms with Crippen molar-refractivity contribution in [3.8, 4) is 0 Å². The van der Waals surface area contributed by atoms with Gasteiger partial charge in [0.2, 0.25) is 0 Å². The highest BCUT2D eigenvalue weighted by molar-refractivity contribution is 5.61. The molecular formula is C26H47F3N4. The zero-order valence-electron chi connectivity index (χ0n) is 21.5. The van der Waals surface area contributed by atoms with Crippen molar-refractivity contribution in [3.63, 3.8) is 0 Å². The first-order valence-corrected chi connectivity index (χ1v) is 13.3. The van der Waals surface area contributed by atoms with E-state index in [9.17, 15) is 8.78 Å². The molecular weight excluding hydrogens is 425 g/mol. The Morgan fingerprint density at radius 3 is 2.18 bits per heavy atom. The van der Waals surface area contributed by atoms with Gasteiger partial charge in [-0.15, -0.1) is 0 Å². The highest BCUT2D eigenvalue weighted by Gasteiger charge is 2.70. The molecule has 1 aliphatic heterocycles. The number of rotatable bonds is 10. The van der Waals surface area contributed by atoms with Gasteiger partial charge >= 0.3 is 0 Å². The van der Waals surface area contributed by atoms with Crippen molar-refractivity contribution in [1.29, 1.82) is 0 Å². The van der Waals surface area contributed by atoms with Crippen molar-refractivity contribution in [3.05, 3.63) is 11.6 Å². The zero-order chi connectivity index (χ0) is 24.5. The first kappa shape index (κ1) is 28.2. The van der Waals surface area contributed by atoms with Crippen LogP contribution in [-0.2, 0) is 0 Å². The molecule has 2 aliphatic carbocycles. The number of hydrogen-bond acceptors (Lipinski definition) is 4. The monoisotopic (exact) mass is 472 g/mol. The summed E-state index contributed by atoms with van der Waals surface area (Å²) in [5.74, 6) is -1.22. The summed E-state index contributed by atoms with van der Waals surface area (Å²) in [5.41, 5.74) is -0.712. The van der Waals surface area contributed by atoms with Crippen molar-refractivity contribution in [2.75, 3.05) is 26.2 Å². The standard InChI is InChI=1S/C24H41F3N4.C2H6/c1-4-17(2)13-30-22(31-15-20-7-11-28-12-8-20)21(25)18(3)29-14-19-5-9-23(10-6-19)16-24(23,26)27;1-2/h13,17-20,28-29,31H,4-12,14-16H2,1-3H3;1-2H3/b22-21-,30-13-;. The van der Waals surface area contributed by atoms with E-state index in [1.54, 1.807) is 0 Å². The smallest absolute Gasteiger partial charge is 0.254 e. The van der Waals surface area contributed by atoms with Crippen LogP contribution < -0.4 is 16.0 Å². The van der Waals surface area contributed by atoms with E-state index in [0.29, 0.717) is 43.0 Å². The Labute approximate surface area is 199 Å². The van der Waals surface area contributed by atoms with Gasteiger partial charge in [0.15, 0.2) is 11.6 Å². The number of halogens is 3. The first-order chi connectivity index (χ1) is 15.8. The molecule has 3 fully saturated rings. The van der Waals surface area contributed by atoms with Crippen LogP contribution >= 0.6 is 0 Å². The van der Waals surface area contributed by atoms with E-state index >= 15 is 4.39 Å². The summed E-state index contributed by atoms with van der Waals surface area (Å²) in [6.45, 7) is 13.4. The molecule has 33 heavy (non-hydrogen) atoms. The SMILES string of the molecule is CC.CCC(C)/C=N\C(NCC1CCNCC1)=C(\F)C(C)NCC1CCC2(CC1)CC2(F)F. The third kappa shape index (κ3) is 7.98. The van der Waals surface area contributed by atoms with Crippen LogP contribution in [0.15, 0.2) is 16.6 Å². The topological polar surface area (TPSA) is 48.5 Å². The molecule has 0 aromatic rings. The molecule has 2 unspecified atom stereocenters. The number of nitrogens with zero attached hydrogens (tertiary/aromatic N) is 1. The summed E-state index contributed by atoms with van der Waals surface area (Å²) in [6, 6.07) is -0.456. The summed E-state index contributed by atoms with van der Waals surface area (Å²) < 4.78 is 42.4. The van der Waals surface area contributed by atoms with Crippen LogP contribution in [0.25, 0.3) is 0 Å². The third-order valence-corrected chi connectivity index (χ3v) is 7.71. The van der Waals surface area contributed by atoms with Crippen molar-refractivity contribution >= 4 is 6.21 Å². The van der Waals surface area contributed by atoms with E-state index in [1.165, 1.54) is 0 Å². The fraction of sp³-hybridized carbons (Fsp3) is 0.885. The minimum Gasteiger partial charge on any atom is -0.368 e. The molecule has 1 saturated heterocycles. The van der Waals surface area contributed by atoms with Gasteiger partial charge in [-0.25, -0.2) is 18.2 Å². The van der Waals surface area contributed by atoms with Gasteiger partial charge in [0.05, 0.1) is 6.04 Å². The Morgan fingerprint density at radius 1 is 1.06 bits per heavy atom. The second kappa shape index (κ2) is 13.1. The zero-order valence-corrected chi connectivity index (χ0v) is 21.5.